The van der Waals surface area contributed by atoms with Gasteiger partial charge in [-0.1, -0.05) is 0 Å². The standard InChI is InChI=1S/2C6H8N3O2.Ag/c2*7-5(6(10)11)1-4-2-8-3-9-4;/h2*2-3,5,7H,1H2,(H,8,9)(H,10,11);/q2*-1;/t2*5-;/m00./s1. The van der Waals surface area contributed by atoms with Gasteiger partial charge in [-0.15, -0.1) is 0 Å². The average molecular weight is 416 g/mol. The molecule has 0 aliphatic rings. The van der Waals surface area contributed by atoms with E-state index in [9.17, 15) is 9.59 Å². The third kappa shape index (κ3) is 8.28. The van der Waals surface area contributed by atoms with E-state index >= 15 is 0 Å². The summed E-state index contributed by atoms with van der Waals surface area (Å²) in [5, 5.41) is 16.7. The molecule has 0 aromatic carbocycles. The van der Waals surface area contributed by atoms with Crippen LogP contribution >= 0.6 is 0 Å². The summed E-state index contributed by atoms with van der Waals surface area (Å²) in [7, 11) is 0. The fourth-order valence-corrected chi connectivity index (χ4v) is 1.41. The summed E-state index contributed by atoms with van der Waals surface area (Å²) in [6, 6.07) is -2.20. The van der Waals surface area contributed by atoms with Crippen molar-refractivity contribution in [3.05, 3.63) is 47.9 Å². The molecular formula is C12H16AgN6O4-2. The molecule has 1 radical (unpaired) electrons. The molecule has 10 nitrogen and oxygen atoms in total. The number of aromatic amines is 2. The van der Waals surface area contributed by atoms with Gasteiger partial charge in [-0.2, -0.15) is 0 Å². The smallest absolute Gasteiger partial charge is 0.285 e. The number of nitrogens with zero attached hydrogens (tertiary/aromatic N) is 2. The molecule has 2 heterocycles. The summed E-state index contributed by atoms with van der Waals surface area (Å²) >= 11 is 0. The summed E-state index contributed by atoms with van der Waals surface area (Å²) in [5.74, 6) is -2.22. The Labute approximate surface area is 147 Å². The Balaban J connectivity index is 0.000000403. The van der Waals surface area contributed by atoms with E-state index in [1.807, 2.05) is 0 Å². The molecule has 0 aliphatic carbocycles. The molecular weight excluding hydrogens is 400 g/mol. The van der Waals surface area contributed by atoms with Gasteiger partial charge in [-0.05, 0) is 24.9 Å². The van der Waals surface area contributed by atoms with Crippen molar-refractivity contribution in [3.8, 4) is 0 Å². The second kappa shape index (κ2) is 10.7. The van der Waals surface area contributed by atoms with Crippen LogP contribution in [0.25, 0.3) is 11.5 Å². The zero-order valence-corrected chi connectivity index (χ0v) is 13.3. The maximum atomic E-state index is 10.2. The Morgan fingerprint density at radius 1 is 0.957 bits per heavy atom. The molecule has 0 spiro atoms. The molecule has 0 amide bonds. The number of aliphatic carboxylic acids is 2. The number of carboxylic acid groups (broad SMARTS) is 2. The van der Waals surface area contributed by atoms with E-state index in [4.69, 9.17) is 21.7 Å². The van der Waals surface area contributed by atoms with Crippen molar-refractivity contribution in [2.45, 2.75) is 24.9 Å². The van der Waals surface area contributed by atoms with Crippen LogP contribution in [0.5, 0.6) is 0 Å². The quantitative estimate of drug-likeness (QED) is 0.508. The van der Waals surface area contributed by atoms with E-state index in [0.717, 1.165) is 0 Å². The van der Waals surface area contributed by atoms with Gasteiger partial charge in [0.2, 0.25) is 0 Å². The molecule has 0 saturated carbocycles. The van der Waals surface area contributed by atoms with E-state index < -0.39 is 24.0 Å². The van der Waals surface area contributed by atoms with Gasteiger partial charge < -0.3 is 31.6 Å². The van der Waals surface area contributed by atoms with Crippen molar-refractivity contribution in [1.29, 1.82) is 0 Å². The number of carboxylic acids is 2. The molecule has 0 saturated heterocycles. The van der Waals surface area contributed by atoms with Crippen molar-refractivity contribution in [2.75, 3.05) is 0 Å². The Morgan fingerprint density at radius 2 is 1.30 bits per heavy atom. The zero-order valence-electron chi connectivity index (χ0n) is 11.8. The maximum absolute atomic E-state index is 10.2. The van der Waals surface area contributed by atoms with Crippen molar-refractivity contribution in [2.24, 2.45) is 0 Å². The van der Waals surface area contributed by atoms with Crippen molar-refractivity contribution >= 4 is 11.9 Å². The molecule has 0 bridgehead atoms. The summed E-state index contributed by atoms with van der Waals surface area (Å²) in [6.07, 6.45) is 6.31. The molecule has 2 aromatic rings. The topological polar surface area (TPSA) is 180 Å². The minimum atomic E-state index is -1.11. The number of imidazole rings is 2. The number of nitrogens with one attached hydrogen (secondary N) is 4. The second-order valence-electron chi connectivity index (χ2n) is 4.34. The predicted molar refractivity (Wildman–Crippen MR) is 76.1 cm³/mol. The minimum Gasteiger partial charge on any atom is -0.665 e. The van der Waals surface area contributed by atoms with Gasteiger partial charge in [-0.25, -0.2) is 9.97 Å². The van der Waals surface area contributed by atoms with E-state index in [-0.39, 0.29) is 35.2 Å². The first-order chi connectivity index (χ1) is 10.4. The van der Waals surface area contributed by atoms with Crippen LogP contribution in [0, 0.1) is 0 Å². The Kier molecular flexibility index (Phi) is 9.78. The van der Waals surface area contributed by atoms with E-state index in [2.05, 4.69) is 19.9 Å². The molecule has 0 aliphatic heterocycles. The largest absolute Gasteiger partial charge is 0.665 e. The number of carbonyl (C=O) groups is 2. The third-order valence-corrected chi connectivity index (χ3v) is 2.55. The summed E-state index contributed by atoms with van der Waals surface area (Å²) < 4.78 is 0. The third-order valence-electron chi connectivity index (χ3n) is 2.55. The SMILES string of the molecule is [Ag].[NH-][C@@H](Cc1cnc[nH]1)C(=O)O.[NH-][C@@H](Cc1cnc[nH]1)C(=O)O. The van der Waals surface area contributed by atoms with Crippen molar-refractivity contribution < 1.29 is 42.2 Å². The van der Waals surface area contributed by atoms with Gasteiger partial charge in [0.15, 0.2) is 0 Å². The van der Waals surface area contributed by atoms with Crippen molar-refractivity contribution in [3.63, 3.8) is 0 Å². The monoisotopic (exact) mass is 415 g/mol. The fraction of sp³-hybridized carbons (Fsp3) is 0.333. The van der Waals surface area contributed by atoms with Gasteiger partial charge in [0.05, 0.1) is 12.7 Å². The van der Waals surface area contributed by atoms with E-state index in [0.29, 0.717) is 11.4 Å². The summed E-state index contributed by atoms with van der Waals surface area (Å²) in [6.45, 7) is 0. The van der Waals surface area contributed by atoms with Crippen LogP contribution in [0.4, 0.5) is 0 Å². The fourth-order valence-electron chi connectivity index (χ4n) is 1.41. The first-order valence-corrected chi connectivity index (χ1v) is 6.22. The van der Waals surface area contributed by atoms with E-state index in [1.165, 1.54) is 25.0 Å². The van der Waals surface area contributed by atoms with Crippen LogP contribution < -0.4 is 0 Å². The molecule has 0 fully saturated rings. The minimum absolute atomic E-state index is 0. The number of rotatable bonds is 6. The van der Waals surface area contributed by atoms with Gasteiger partial charge in [0.1, 0.15) is 0 Å². The average Bonchev–Trinajstić information content (AvgIpc) is 3.12. The van der Waals surface area contributed by atoms with Gasteiger partial charge in [0, 0.05) is 46.2 Å². The van der Waals surface area contributed by atoms with Gasteiger partial charge in [0.25, 0.3) is 11.9 Å². The summed E-state index contributed by atoms with van der Waals surface area (Å²) in [4.78, 5) is 33.3. The Morgan fingerprint density at radius 3 is 1.52 bits per heavy atom. The number of H-pyrrole nitrogens is 2. The maximum Gasteiger partial charge on any atom is 0.285 e. The number of hydrogen-bond donors (Lipinski definition) is 4. The Bertz CT molecular complexity index is 522. The number of aromatic nitrogens is 4. The molecule has 131 valence electrons. The van der Waals surface area contributed by atoms with Crippen LogP contribution in [0.1, 0.15) is 11.4 Å². The Hall–Kier alpha value is -1.98. The van der Waals surface area contributed by atoms with Crippen LogP contribution in [0.3, 0.4) is 0 Å². The van der Waals surface area contributed by atoms with Crippen LogP contribution in [0.2, 0.25) is 0 Å². The normalized spacial score (nSPS) is 12.3. The van der Waals surface area contributed by atoms with Crippen LogP contribution in [-0.2, 0) is 44.8 Å². The van der Waals surface area contributed by atoms with Crippen LogP contribution in [0.15, 0.2) is 25.0 Å². The molecule has 6 N–H and O–H groups in total. The van der Waals surface area contributed by atoms with Gasteiger partial charge in [-0.3, -0.25) is 9.59 Å². The first-order valence-electron chi connectivity index (χ1n) is 6.22. The molecule has 11 heteroatoms. The molecule has 23 heavy (non-hydrogen) atoms. The molecule has 0 unspecified atom stereocenters. The molecule has 2 atom stereocenters. The van der Waals surface area contributed by atoms with Crippen molar-refractivity contribution in [1.82, 2.24) is 19.9 Å². The first kappa shape index (κ1) is 21.0. The number of hydrogen-bond acceptors (Lipinski definition) is 4. The van der Waals surface area contributed by atoms with Gasteiger partial charge >= 0.3 is 0 Å². The zero-order chi connectivity index (χ0) is 16.5. The molecule has 2 aromatic heterocycles. The van der Waals surface area contributed by atoms with Crippen LogP contribution in [-0.4, -0.2) is 54.2 Å². The summed E-state index contributed by atoms with van der Waals surface area (Å²) in [5.41, 5.74) is 15.5. The predicted octanol–water partition coefficient (Wildman–Crippen LogP) is 0.913. The second-order valence-corrected chi connectivity index (χ2v) is 4.34. The van der Waals surface area contributed by atoms with E-state index in [1.54, 1.807) is 0 Å². The molecule has 2 rings (SSSR count).